The Morgan fingerprint density at radius 2 is 1.78 bits per heavy atom. The Balaban J connectivity index is 1.76. The predicted octanol–water partition coefficient (Wildman–Crippen LogP) is 0.662. The number of aliphatic hydroxyl groups is 2. The Bertz CT molecular complexity index is 347. The second kappa shape index (κ2) is 6.29. The van der Waals surface area contributed by atoms with Gasteiger partial charge in [0.2, 0.25) is 0 Å². The number of benzene rings is 1. The molecule has 100 valence electrons. The molecule has 0 amide bonds. The van der Waals surface area contributed by atoms with Gasteiger partial charge >= 0.3 is 0 Å². The van der Waals surface area contributed by atoms with E-state index in [1.165, 1.54) is 0 Å². The molecule has 3 atom stereocenters. The highest BCUT2D eigenvalue weighted by Gasteiger charge is 2.37. The van der Waals surface area contributed by atoms with Gasteiger partial charge in [-0.05, 0) is 18.4 Å². The Morgan fingerprint density at radius 3 is 2.39 bits per heavy atom. The standard InChI is InChI=1S/C14H21NO3/c15-11(14-12(16)6-7-13(14)17)9-18-8-10-4-2-1-3-5-10/h1-5,11-14,16-17H,6-9,15H2/t11-,12?,13?,14?/m1/s1. The van der Waals surface area contributed by atoms with Gasteiger partial charge in [-0.1, -0.05) is 30.3 Å². The first-order chi connectivity index (χ1) is 8.68. The molecule has 1 fully saturated rings. The zero-order valence-electron chi connectivity index (χ0n) is 10.4. The molecule has 4 nitrogen and oxygen atoms in total. The smallest absolute Gasteiger partial charge is 0.0717 e. The van der Waals surface area contributed by atoms with Crippen LogP contribution >= 0.6 is 0 Å². The molecule has 0 aliphatic heterocycles. The lowest BCUT2D eigenvalue weighted by atomic mass is 9.95. The van der Waals surface area contributed by atoms with Crippen molar-refractivity contribution in [3.63, 3.8) is 0 Å². The largest absolute Gasteiger partial charge is 0.393 e. The zero-order chi connectivity index (χ0) is 13.0. The quantitative estimate of drug-likeness (QED) is 0.718. The van der Waals surface area contributed by atoms with E-state index in [4.69, 9.17) is 10.5 Å². The summed E-state index contributed by atoms with van der Waals surface area (Å²) >= 11 is 0. The normalized spacial score (nSPS) is 29.4. The fourth-order valence-corrected chi connectivity index (χ4v) is 2.55. The van der Waals surface area contributed by atoms with Gasteiger partial charge < -0.3 is 20.7 Å². The number of hydrogen-bond acceptors (Lipinski definition) is 4. The van der Waals surface area contributed by atoms with Gasteiger partial charge in [-0.25, -0.2) is 0 Å². The molecule has 1 aromatic carbocycles. The van der Waals surface area contributed by atoms with Crippen LogP contribution < -0.4 is 5.73 Å². The summed E-state index contributed by atoms with van der Waals surface area (Å²) < 4.78 is 5.54. The van der Waals surface area contributed by atoms with Crippen molar-refractivity contribution in [2.45, 2.75) is 37.7 Å². The number of nitrogens with two attached hydrogens (primary N) is 1. The molecular weight excluding hydrogens is 230 g/mol. The summed E-state index contributed by atoms with van der Waals surface area (Å²) in [5.41, 5.74) is 7.07. The molecule has 0 spiro atoms. The topological polar surface area (TPSA) is 75.7 Å². The molecule has 2 rings (SSSR count). The fourth-order valence-electron chi connectivity index (χ4n) is 2.55. The van der Waals surface area contributed by atoms with Gasteiger partial charge in [-0.15, -0.1) is 0 Å². The molecule has 1 saturated carbocycles. The van der Waals surface area contributed by atoms with Crippen molar-refractivity contribution in [1.82, 2.24) is 0 Å². The SMILES string of the molecule is N[C@H](COCc1ccccc1)C1C(O)CCC1O. The highest BCUT2D eigenvalue weighted by atomic mass is 16.5. The molecular formula is C14H21NO3. The van der Waals surface area contributed by atoms with Gasteiger partial charge in [0, 0.05) is 12.0 Å². The van der Waals surface area contributed by atoms with E-state index in [2.05, 4.69) is 0 Å². The van der Waals surface area contributed by atoms with Crippen LogP contribution in [0.3, 0.4) is 0 Å². The first kappa shape index (κ1) is 13.5. The molecule has 0 radical (unpaired) electrons. The van der Waals surface area contributed by atoms with E-state index in [1.54, 1.807) is 0 Å². The van der Waals surface area contributed by atoms with E-state index >= 15 is 0 Å². The van der Waals surface area contributed by atoms with Crippen LogP contribution in [0.4, 0.5) is 0 Å². The lowest BCUT2D eigenvalue weighted by Crippen LogP contribution is -2.43. The third-order valence-corrected chi connectivity index (χ3v) is 3.56. The number of ether oxygens (including phenoxy) is 1. The Hall–Kier alpha value is -0.940. The molecule has 1 aromatic rings. The van der Waals surface area contributed by atoms with Gasteiger partial charge in [0.15, 0.2) is 0 Å². The summed E-state index contributed by atoms with van der Waals surface area (Å²) in [5.74, 6) is -0.263. The average Bonchev–Trinajstić information content (AvgIpc) is 2.70. The summed E-state index contributed by atoms with van der Waals surface area (Å²) in [6.45, 7) is 0.862. The molecule has 2 unspecified atom stereocenters. The van der Waals surface area contributed by atoms with Crippen LogP contribution in [0.15, 0.2) is 30.3 Å². The summed E-state index contributed by atoms with van der Waals surface area (Å²) in [6, 6.07) is 9.55. The van der Waals surface area contributed by atoms with E-state index in [-0.39, 0.29) is 12.0 Å². The molecule has 0 aromatic heterocycles. The minimum absolute atomic E-state index is 0.263. The van der Waals surface area contributed by atoms with Crippen LogP contribution in [-0.2, 0) is 11.3 Å². The van der Waals surface area contributed by atoms with E-state index < -0.39 is 12.2 Å². The molecule has 18 heavy (non-hydrogen) atoms. The van der Waals surface area contributed by atoms with E-state index in [0.717, 1.165) is 5.56 Å². The lowest BCUT2D eigenvalue weighted by molar-refractivity contribution is 0.0160. The van der Waals surface area contributed by atoms with Gasteiger partial charge in [0.1, 0.15) is 0 Å². The van der Waals surface area contributed by atoms with Crippen molar-refractivity contribution in [1.29, 1.82) is 0 Å². The maximum atomic E-state index is 9.75. The second-order valence-electron chi connectivity index (χ2n) is 4.95. The highest BCUT2D eigenvalue weighted by molar-refractivity contribution is 5.13. The van der Waals surface area contributed by atoms with Crippen LogP contribution in [0.2, 0.25) is 0 Å². The minimum Gasteiger partial charge on any atom is -0.393 e. The average molecular weight is 251 g/mol. The molecule has 0 saturated heterocycles. The molecule has 0 heterocycles. The molecule has 4 N–H and O–H groups in total. The number of aliphatic hydroxyl groups excluding tert-OH is 2. The first-order valence-corrected chi connectivity index (χ1v) is 6.42. The number of rotatable bonds is 5. The van der Waals surface area contributed by atoms with Crippen molar-refractivity contribution in [2.75, 3.05) is 6.61 Å². The lowest BCUT2D eigenvalue weighted by Gasteiger charge is -2.25. The van der Waals surface area contributed by atoms with Crippen molar-refractivity contribution in [3.8, 4) is 0 Å². The fraction of sp³-hybridized carbons (Fsp3) is 0.571. The Labute approximate surface area is 107 Å². The Morgan fingerprint density at radius 1 is 1.17 bits per heavy atom. The summed E-state index contributed by atoms with van der Waals surface area (Å²) in [6.07, 6.45) is 0.238. The second-order valence-corrected chi connectivity index (χ2v) is 4.95. The maximum absolute atomic E-state index is 9.75. The summed E-state index contributed by atoms with van der Waals surface area (Å²) in [4.78, 5) is 0. The van der Waals surface area contributed by atoms with Crippen molar-refractivity contribution in [3.05, 3.63) is 35.9 Å². The van der Waals surface area contributed by atoms with Gasteiger partial charge in [0.25, 0.3) is 0 Å². The van der Waals surface area contributed by atoms with Crippen LogP contribution in [0.1, 0.15) is 18.4 Å². The third-order valence-electron chi connectivity index (χ3n) is 3.56. The highest BCUT2D eigenvalue weighted by Crippen LogP contribution is 2.28. The third kappa shape index (κ3) is 3.29. The van der Waals surface area contributed by atoms with Gasteiger partial charge in [-0.2, -0.15) is 0 Å². The molecule has 1 aliphatic rings. The van der Waals surface area contributed by atoms with Crippen molar-refractivity contribution in [2.24, 2.45) is 11.7 Å². The van der Waals surface area contributed by atoms with E-state index in [0.29, 0.717) is 26.1 Å². The van der Waals surface area contributed by atoms with Crippen LogP contribution in [0.25, 0.3) is 0 Å². The summed E-state index contributed by atoms with van der Waals surface area (Å²) in [5, 5.41) is 19.5. The van der Waals surface area contributed by atoms with Gasteiger partial charge in [0.05, 0.1) is 25.4 Å². The molecule has 1 aliphatic carbocycles. The maximum Gasteiger partial charge on any atom is 0.0717 e. The van der Waals surface area contributed by atoms with Crippen molar-refractivity contribution >= 4 is 0 Å². The zero-order valence-corrected chi connectivity index (χ0v) is 10.4. The van der Waals surface area contributed by atoms with E-state index in [1.807, 2.05) is 30.3 Å². The van der Waals surface area contributed by atoms with Crippen LogP contribution in [-0.4, -0.2) is 35.1 Å². The Kier molecular flexibility index (Phi) is 4.72. The van der Waals surface area contributed by atoms with Crippen LogP contribution in [0.5, 0.6) is 0 Å². The first-order valence-electron chi connectivity index (χ1n) is 6.42. The summed E-state index contributed by atoms with van der Waals surface area (Å²) in [7, 11) is 0. The van der Waals surface area contributed by atoms with E-state index in [9.17, 15) is 10.2 Å². The monoisotopic (exact) mass is 251 g/mol. The number of hydrogen-bond donors (Lipinski definition) is 3. The minimum atomic E-state index is -0.504. The predicted molar refractivity (Wildman–Crippen MR) is 68.8 cm³/mol. The van der Waals surface area contributed by atoms with Gasteiger partial charge in [-0.3, -0.25) is 0 Å². The van der Waals surface area contributed by atoms with Crippen molar-refractivity contribution < 1.29 is 14.9 Å². The molecule has 4 heteroatoms. The molecule has 0 bridgehead atoms. The van der Waals surface area contributed by atoms with Crippen LogP contribution in [0, 0.1) is 5.92 Å².